The summed E-state index contributed by atoms with van der Waals surface area (Å²) < 4.78 is 15.5. The van der Waals surface area contributed by atoms with E-state index in [4.69, 9.17) is 14.2 Å². The minimum absolute atomic E-state index is 0.185. The molecule has 6 heteroatoms. The number of rotatable bonds is 6. The number of methoxy groups -OCH3 is 2. The molecule has 24 heavy (non-hydrogen) atoms. The zero-order chi connectivity index (χ0) is 17.5. The number of hydrogen-bond acceptors (Lipinski definition) is 5. The van der Waals surface area contributed by atoms with Gasteiger partial charge in [-0.2, -0.15) is 0 Å². The van der Waals surface area contributed by atoms with Crippen LogP contribution in [0.5, 0.6) is 11.5 Å². The highest BCUT2D eigenvalue weighted by molar-refractivity contribution is 5.93. The summed E-state index contributed by atoms with van der Waals surface area (Å²) in [5.74, 6) is 0.129. The Hall–Kier alpha value is -2.24. The lowest BCUT2D eigenvalue weighted by Crippen LogP contribution is -2.42. The van der Waals surface area contributed by atoms with Crippen LogP contribution in [0.1, 0.15) is 49.4 Å². The topological polar surface area (TPSA) is 73.9 Å². The molecule has 1 amide bonds. The van der Waals surface area contributed by atoms with Crippen LogP contribution in [0.4, 0.5) is 0 Å². The Bertz CT molecular complexity index is 559. The first kappa shape index (κ1) is 18.1. The van der Waals surface area contributed by atoms with Crippen molar-refractivity contribution in [3.8, 4) is 11.5 Å². The van der Waals surface area contributed by atoms with E-state index in [0.717, 1.165) is 25.7 Å². The van der Waals surface area contributed by atoms with Gasteiger partial charge in [-0.1, -0.05) is 19.3 Å². The second kappa shape index (κ2) is 8.57. The van der Waals surface area contributed by atoms with E-state index in [-0.39, 0.29) is 17.5 Å². The molecule has 0 unspecified atom stereocenters. The van der Waals surface area contributed by atoms with Crippen molar-refractivity contribution in [2.45, 2.75) is 51.2 Å². The maximum absolute atomic E-state index is 12.3. The fourth-order valence-corrected chi connectivity index (χ4v) is 2.77. The Morgan fingerprint density at radius 2 is 1.62 bits per heavy atom. The number of carbonyl (C=O) groups excluding carboxylic acids is 2. The van der Waals surface area contributed by atoms with E-state index in [2.05, 4.69) is 5.32 Å². The summed E-state index contributed by atoms with van der Waals surface area (Å²) in [6, 6.07) is 4.95. The van der Waals surface area contributed by atoms with Gasteiger partial charge in [-0.25, -0.2) is 4.79 Å². The molecule has 1 atom stereocenters. The summed E-state index contributed by atoms with van der Waals surface area (Å²) in [4.78, 5) is 24.5. The maximum atomic E-state index is 12.3. The van der Waals surface area contributed by atoms with E-state index in [1.165, 1.54) is 20.6 Å². The van der Waals surface area contributed by atoms with Crippen LogP contribution in [0, 0.1) is 0 Å². The zero-order valence-electron chi connectivity index (χ0n) is 14.5. The van der Waals surface area contributed by atoms with Crippen molar-refractivity contribution in [2.75, 3.05) is 14.2 Å². The third-order valence-corrected chi connectivity index (χ3v) is 4.19. The number of ether oxygens (including phenoxy) is 3. The summed E-state index contributed by atoms with van der Waals surface area (Å²) in [6.07, 6.45) is 4.59. The molecule has 0 spiro atoms. The van der Waals surface area contributed by atoms with Crippen molar-refractivity contribution in [2.24, 2.45) is 0 Å². The van der Waals surface area contributed by atoms with Gasteiger partial charge in [0.1, 0.15) is 11.5 Å². The molecule has 1 N–H and O–H groups in total. The molecule has 0 bridgehead atoms. The normalized spacial score (nSPS) is 16.1. The van der Waals surface area contributed by atoms with Crippen molar-refractivity contribution in [1.82, 2.24) is 5.32 Å². The molecule has 1 aliphatic carbocycles. The first-order chi connectivity index (χ1) is 11.5. The third kappa shape index (κ3) is 4.88. The quantitative estimate of drug-likeness (QED) is 0.809. The Morgan fingerprint density at radius 3 is 2.17 bits per heavy atom. The Kier molecular flexibility index (Phi) is 6.46. The second-order valence-electron chi connectivity index (χ2n) is 5.99. The van der Waals surface area contributed by atoms with E-state index in [9.17, 15) is 9.59 Å². The Labute approximate surface area is 142 Å². The summed E-state index contributed by atoms with van der Waals surface area (Å²) in [5, 5.41) is 2.96. The zero-order valence-corrected chi connectivity index (χ0v) is 14.5. The molecule has 0 aliphatic heterocycles. The molecule has 0 aromatic heterocycles. The van der Waals surface area contributed by atoms with Crippen LogP contribution in [0.15, 0.2) is 18.2 Å². The number of hydrogen-bond donors (Lipinski definition) is 1. The Balaban J connectivity index is 1.96. The van der Waals surface area contributed by atoms with E-state index in [1.807, 2.05) is 0 Å². The minimum atomic E-state index is -0.850. The third-order valence-electron chi connectivity index (χ3n) is 4.19. The summed E-state index contributed by atoms with van der Waals surface area (Å²) >= 11 is 0. The molecular formula is C18H25NO5. The first-order valence-electron chi connectivity index (χ1n) is 8.28. The van der Waals surface area contributed by atoms with Gasteiger partial charge in [-0.15, -0.1) is 0 Å². The van der Waals surface area contributed by atoms with Gasteiger partial charge in [0.25, 0.3) is 5.91 Å². The van der Waals surface area contributed by atoms with Crippen LogP contribution in [0.25, 0.3) is 0 Å². The highest BCUT2D eigenvalue weighted by atomic mass is 16.5. The average molecular weight is 335 g/mol. The van der Waals surface area contributed by atoms with Crippen molar-refractivity contribution in [3.63, 3.8) is 0 Å². The average Bonchev–Trinajstić information content (AvgIpc) is 2.61. The van der Waals surface area contributed by atoms with Crippen molar-refractivity contribution < 1.29 is 23.8 Å². The van der Waals surface area contributed by atoms with Gasteiger partial charge in [-0.05, 0) is 31.9 Å². The lowest BCUT2D eigenvalue weighted by Gasteiger charge is -2.24. The molecule has 6 nitrogen and oxygen atoms in total. The highest BCUT2D eigenvalue weighted by Gasteiger charge is 2.23. The first-order valence-corrected chi connectivity index (χ1v) is 8.28. The van der Waals surface area contributed by atoms with Crippen LogP contribution >= 0.6 is 0 Å². The smallest absolute Gasteiger partial charge is 0.339 e. The van der Waals surface area contributed by atoms with Crippen molar-refractivity contribution in [3.05, 3.63) is 23.8 Å². The molecule has 1 aromatic rings. The van der Waals surface area contributed by atoms with Crippen molar-refractivity contribution >= 4 is 11.9 Å². The molecule has 0 heterocycles. The van der Waals surface area contributed by atoms with Gasteiger partial charge in [-0.3, -0.25) is 4.79 Å². The molecule has 1 saturated carbocycles. The van der Waals surface area contributed by atoms with Crippen LogP contribution in [-0.2, 0) is 9.53 Å². The number of amides is 1. The fourth-order valence-electron chi connectivity index (χ4n) is 2.77. The Morgan fingerprint density at radius 1 is 1.04 bits per heavy atom. The summed E-state index contributed by atoms with van der Waals surface area (Å²) in [5.41, 5.74) is 0.281. The molecular weight excluding hydrogens is 310 g/mol. The predicted octanol–water partition coefficient (Wildman–Crippen LogP) is 2.70. The lowest BCUT2D eigenvalue weighted by molar-refractivity contribution is -0.130. The number of esters is 1. The van der Waals surface area contributed by atoms with Gasteiger partial charge >= 0.3 is 5.97 Å². The number of carbonyl (C=O) groups is 2. The summed E-state index contributed by atoms with van der Waals surface area (Å²) in [7, 11) is 3.01. The van der Waals surface area contributed by atoms with E-state index in [0.29, 0.717) is 11.5 Å². The second-order valence-corrected chi connectivity index (χ2v) is 5.99. The van der Waals surface area contributed by atoms with Gasteiger partial charge in [0.15, 0.2) is 6.10 Å². The van der Waals surface area contributed by atoms with E-state index in [1.54, 1.807) is 25.1 Å². The van der Waals surface area contributed by atoms with Gasteiger partial charge < -0.3 is 19.5 Å². The SMILES string of the molecule is COc1cc(OC)cc(C(=O)O[C@@H](C)C(=O)NC2CCCCC2)c1. The van der Waals surface area contributed by atoms with Crippen molar-refractivity contribution in [1.29, 1.82) is 0 Å². The van der Waals surface area contributed by atoms with Crippen LogP contribution in [0.2, 0.25) is 0 Å². The largest absolute Gasteiger partial charge is 0.497 e. The summed E-state index contributed by atoms with van der Waals surface area (Å²) in [6.45, 7) is 1.58. The van der Waals surface area contributed by atoms with E-state index < -0.39 is 12.1 Å². The van der Waals surface area contributed by atoms with Crippen LogP contribution in [-0.4, -0.2) is 38.2 Å². The molecule has 1 fully saturated rings. The van der Waals surface area contributed by atoms with Gasteiger partial charge in [0.05, 0.1) is 19.8 Å². The number of benzene rings is 1. The molecule has 1 aromatic carbocycles. The highest BCUT2D eigenvalue weighted by Crippen LogP contribution is 2.23. The molecule has 1 aliphatic rings. The van der Waals surface area contributed by atoms with Gasteiger partial charge in [0, 0.05) is 12.1 Å². The minimum Gasteiger partial charge on any atom is -0.497 e. The molecule has 2 rings (SSSR count). The monoisotopic (exact) mass is 335 g/mol. The maximum Gasteiger partial charge on any atom is 0.339 e. The van der Waals surface area contributed by atoms with Gasteiger partial charge in [0.2, 0.25) is 0 Å². The molecule has 0 saturated heterocycles. The predicted molar refractivity (Wildman–Crippen MR) is 89.4 cm³/mol. The standard InChI is InChI=1S/C18H25NO5/c1-12(17(20)19-14-7-5-4-6-8-14)24-18(21)13-9-15(22-2)11-16(10-13)23-3/h9-12,14H,4-8H2,1-3H3,(H,19,20)/t12-/m0/s1. The lowest BCUT2D eigenvalue weighted by atomic mass is 9.95. The fraction of sp³-hybridized carbons (Fsp3) is 0.556. The molecule has 132 valence electrons. The number of nitrogens with one attached hydrogen (secondary N) is 1. The van der Waals surface area contributed by atoms with Crippen LogP contribution in [0.3, 0.4) is 0 Å². The van der Waals surface area contributed by atoms with E-state index >= 15 is 0 Å². The molecule has 0 radical (unpaired) electrons. The van der Waals surface area contributed by atoms with Crippen LogP contribution < -0.4 is 14.8 Å².